The van der Waals surface area contributed by atoms with E-state index < -0.39 is 0 Å². The number of hydrogen-bond acceptors (Lipinski definition) is 2. The topological polar surface area (TPSA) is 34.6 Å². The zero-order valence-corrected chi connectivity index (χ0v) is 23.6. The summed E-state index contributed by atoms with van der Waals surface area (Å²) in [7, 11) is 0. The highest BCUT2D eigenvalue weighted by Gasteiger charge is 2.18. The molecule has 4 nitrogen and oxygen atoms in total. The molecule has 0 unspecified atom stereocenters. The van der Waals surface area contributed by atoms with Crippen molar-refractivity contribution in [2.75, 3.05) is 0 Å². The molecule has 0 fully saturated rings. The van der Waals surface area contributed by atoms with Gasteiger partial charge in [-0.25, -0.2) is 9.97 Å². The predicted molar refractivity (Wildman–Crippen MR) is 182 cm³/mol. The summed E-state index contributed by atoms with van der Waals surface area (Å²) in [5.41, 5.74) is 10.9. The fourth-order valence-corrected chi connectivity index (χ4v) is 6.87. The van der Waals surface area contributed by atoms with Gasteiger partial charge in [0.2, 0.25) is 5.78 Å². The largest absolute Gasteiger partial charge is 0.277 e. The molecule has 0 aliphatic rings. The minimum atomic E-state index is 0.878. The molecule has 0 N–H and O–H groups in total. The molecule has 10 aromatic rings. The van der Waals surface area contributed by atoms with Crippen LogP contribution in [-0.2, 0) is 0 Å². The fraction of sp³-hybridized carbons (Fsp3) is 0. The van der Waals surface area contributed by atoms with Gasteiger partial charge in [-0.05, 0) is 98.4 Å². The maximum Gasteiger partial charge on any atom is 0.221 e. The van der Waals surface area contributed by atoms with E-state index in [9.17, 15) is 0 Å². The lowest BCUT2D eigenvalue weighted by molar-refractivity contribution is 1.14. The zero-order valence-electron chi connectivity index (χ0n) is 23.6. The Hall–Kier alpha value is -6.00. The molecule has 3 aromatic heterocycles. The van der Waals surface area contributed by atoms with Crippen molar-refractivity contribution in [2.24, 2.45) is 0 Å². The number of rotatable bonds is 2. The first-order chi connectivity index (χ1) is 21.8. The highest BCUT2D eigenvalue weighted by molar-refractivity contribution is 6.03. The van der Waals surface area contributed by atoms with Crippen molar-refractivity contribution in [1.82, 2.24) is 18.8 Å². The molecule has 0 spiro atoms. The first-order valence-electron chi connectivity index (χ1n) is 14.9. The third-order valence-corrected chi connectivity index (χ3v) is 9.04. The number of nitrogens with zero attached hydrogens (tertiary/aromatic N) is 4. The van der Waals surface area contributed by atoms with Gasteiger partial charge in [0.15, 0.2) is 0 Å². The average molecular weight is 561 g/mol. The molecular weight excluding hydrogens is 536 g/mol. The lowest BCUT2D eigenvalue weighted by Crippen LogP contribution is -1.98. The first-order valence-corrected chi connectivity index (χ1v) is 14.9. The fourth-order valence-electron chi connectivity index (χ4n) is 6.87. The van der Waals surface area contributed by atoms with E-state index in [1.165, 1.54) is 38.2 Å². The van der Waals surface area contributed by atoms with Crippen LogP contribution in [0.4, 0.5) is 0 Å². The lowest BCUT2D eigenvalue weighted by atomic mass is 9.96. The van der Waals surface area contributed by atoms with E-state index in [1.54, 1.807) is 0 Å². The summed E-state index contributed by atoms with van der Waals surface area (Å²) in [4.78, 5) is 10.2. The molecule has 0 saturated heterocycles. The third kappa shape index (κ3) is 3.33. The normalized spacial score (nSPS) is 12.1. The molecule has 0 aliphatic heterocycles. The van der Waals surface area contributed by atoms with E-state index in [1.807, 2.05) is 12.1 Å². The van der Waals surface area contributed by atoms with Crippen LogP contribution in [0.25, 0.3) is 88.2 Å². The standard InChI is InChI=1S/C40H24N4/c1-2-8-26-21-27(14-13-25(26)7-1)28-15-16-30-23-31(18-17-29(30)22-28)32-19-20-36-33(24-32)39-41-34-9-3-6-12-38(34)44(39)40-42-35-10-4-5-11-37(35)43(36)40/h1-24H. The number of benzene rings is 7. The molecule has 44 heavy (non-hydrogen) atoms. The van der Waals surface area contributed by atoms with Crippen molar-refractivity contribution < 1.29 is 0 Å². The second-order valence-corrected chi connectivity index (χ2v) is 11.6. The van der Waals surface area contributed by atoms with Crippen molar-refractivity contribution in [3.8, 4) is 22.3 Å². The van der Waals surface area contributed by atoms with Gasteiger partial charge in [0, 0.05) is 5.39 Å². The van der Waals surface area contributed by atoms with Crippen LogP contribution < -0.4 is 0 Å². The van der Waals surface area contributed by atoms with Gasteiger partial charge in [-0.1, -0.05) is 91.0 Å². The van der Waals surface area contributed by atoms with Crippen LogP contribution in [0.5, 0.6) is 0 Å². The van der Waals surface area contributed by atoms with E-state index in [-0.39, 0.29) is 0 Å². The molecule has 0 bridgehead atoms. The Bertz CT molecular complexity index is 2780. The Morgan fingerprint density at radius 2 is 0.864 bits per heavy atom. The number of imidazole rings is 2. The molecule has 0 atom stereocenters. The summed E-state index contributed by atoms with van der Waals surface area (Å²) in [6, 6.07) is 52.1. The Balaban J connectivity index is 1.16. The number of hydrogen-bond donors (Lipinski definition) is 0. The van der Waals surface area contributed by atoms with Gasteiger partial charge in [-0.2, -0.15) is 0 Å². The van der Waals surface area contributed by atoms with E-state index in [4.69, 9.17) is 9.97 Å². The van der Waals surface area contributed by atoms with Crippen molar-refractivity contribution >= 4 is 65.9 Å². The maximum atomic E-state index is 5.12. The molecule has 7 aromatic carbocycles. The van der Waals surface area contributed by atoms with Crippen molar-refractivity contribution in [2.45, 2.75) is 0 Å². The minimum absolute atomic E-state index is 0.878. The predicted octanol–water partition coefficient (Wildman–Crippen LogP) is 10.1. The van der Waals surface area contributed by atoms with Crippen LogP contribution in [-0.4, -0.2) is 18.8 Å². The number of fused-ring (bicyclic) bond motifs is 12. The summed E-state index contributed by atoms with van der Waals surface area (Å²) in [5, 5.41) is 6.08. The minimum Gasteiger partial charge on any atom is -0.277 e. The maximum absolute atomic E-state index is 5.12. The first kappa shape index (κ1) is 23.6. The monoisotopic (exact) mass is 560 g/mol. The molecule has 0 radical (unpaired) electrons. The molecule has 10 rings (SSSR count). The third-order valence-electron chi connectivity index (χ3n) is 9.04. The average Bonchev–Trinajstić information content (AvgIpc) is 3.67. The zero-order chi connectivity index (χ0) is 28.8. The lowest BCUT2D eigenvalue weighted by Gasteiger charge is -2.11. The van der Waals surface area contributed by atoms with Crippen LogP contribution >= 0.6 is 0 Å². The molecule has 4 heteroatoms. The SMILES string of the molecule is c1ccc2cc(-c3ccc4cc(-c5ccc6c(c5)c5nc7ccccc7n5c5nc7ccccc7n65)ccc4c3)ccc2c1. The van der Waals surface area contributed by atoms with E-state index in [2.05, 4.69) is 142 Å². The summed E-state index contributed by atoms with van der Waals surface area (Å²) < 4.78 is 4.47. The van der Waals surface area contributed by atoms with E-state index in [0.29, 0.717) is 0 Å². The van der Waals surface area contributed by atoms with Crippen molar-refractivity contribution in [3.05, 3.63) is 146 Å². The summed E-state index contributed by atoms with van der Waals surface area (Å²) in [6.07, 6.45) is 0. The number of para-hydroxylation sites is 4. The van der Waals surface area contributed by atoms with Crippen molar-refractivity contribution in [1.29, 1.82) is 0 Å². The smallest absolute Gasteiger partial charge is 0.221 e. The second kappa shape index (κ2) is 8.76. The molecule has 0 aliphatic carbocycles. The summed E-state index contributed by atoms with van der Waals surface area (Å²) in [6.45, 7) is 0. The Kier molecular flexibility index (Phi) is 4.69. The van der Waals surface area contributed by atoms with Gasteiger partial charge in [0.1, 0.15) is 5.65 Å². The van der Waals surface area contributed by atoms with Crippen LogP contribution in [0.1, 0.15) is 0 Å². The molecule has 0 saturated carbocycles. The van der Waals surface area contributed by atoms with Gasteiger partial charge in [-0.3, -0.25) is 8.80 Å². The van der Waals surface area contributed by atoms with Gasteiger partial charge in [-0.15, -0.1) is 0 Å². The van der Waals surface area contributed by atoms with E-state index in [0.717, 1.165) is 50.0 Å². The van der Waals surface area contributed by atoms with Gasteiger partial charge < -0.3 is 0 Å². The van der Waals surface area contributed by atoms with Crippen molar-refractivity contribution in [3.63, 3.8) is 0 Å². The Morgan fingerprint density at radius 1 is 0.364 bits per heavy atom. The molecular formula is C40H24N4. The highest BCUT2D eigenvalue weighted by Crippen LogP contribution is 2.35. The Morgan fingerprint density at radius 3 is 1.57 bits per heavy atom. The van der Waals surface area contributed by atoms with Crippen LogP contribution in [0, 0.1) is 0 Å². The molecule has 3 heterocycles. The van der Waals surface area contributed by atoms with Gasteiger partial charge in [0.05, 0.1) is 27.6 Å². The molecule has 204 valence electrons. The Labute approximate surface area is 252 Å². The molecule has 0 amide bonds. The highest BCUT2D eigenvalue weighted by atomic mass is 15.2. The van der Waals surface area contributed by atoms with Gasteiger partial charge in [0.25, 0.3) is 0 Å². The quantitative estimate of drug-likeness (QED) is 0.211. The van der Waals surface area contributed by atoms with E-state index >= 15 is 0 Å². The summed E-state index contributed by atoms with van der Waals surface area (Å²) >= 11 is 0. The van der Waals surface area contributed by atoms with Crippen LogP contribution in [0.2, 0.25) is 0 Å². The number of aromatic nitrogens is 4. The van der Waals surface area contributed by atoms with Gasteiger partial charge >= 0.3 is 0 Å². The van der Waals surface area contributed by atoms with Crippen LogP contribution in [0.15, 0.2) is 146 Å². The van der Waals surface area contributed by atoms with Crippen LogP contribution in [0.3, 0.4) is 0 Å². The second-order valence-electron chi connectivity index (χ2n) is 11.6. The summed E-state index contributed by atoms with van der Waals surface area (Å²) in [5.74, 6) is 0.878.